The summed E-state index contributed by atoms with van der Waals surface area (Å²) in [5.41, 5.74) is 6.19. The van der Waals surface area contributed by atoms with E-state index in [9.17, 15) is 13.2 Å². The average Bonchev–Trinajstić information content (AvgIpc) is 2.55. The van der Waals surface area contributed by atoms with Gasteiger partial charge in [-0.15, -0.1) is 0 Å². The Morgan fingerprint density at radius 2 is 2.22 bits per heavy atom. The maximum atomic E-state index is 12.7. The highest BCUT2D eigenvalue weighted by Gasteiger charge is 2.33. The minimum absolute atomic E-state index is 0.141. The van der Waals surface area contributed by atoms with Crippen LogP contribution >= 0.6 is 11.6 Å². The number of nitrogens with one attached hydrogen (secondary N) is 1. The van der Waals surface area contributed by atoms with Gasteiger partial charge >= 0.3 is 0 Å². The number of carbonyl (C=O) groups excluding carboxylic acids is 1. The van der Waals surface area contributed by atoms with Crippen LogP contribution in [0.25, 0.3) is 0 Å². The van der Waals surface area contributed by atoms with Crippen LogP contribution in [0.4, 0.5) is 0 Å². The zero-order chi connectivity index (χ0) is 17.0. The van der Waals surface area contributed by atoms with Gasteiger partial charge in [-0.2, -0.15) is 4.31 Å². The lowest BCUT2D eigenvalue weighted by Gasteiger charge is -2.31. The van der Waals surface area contributed by atoms with Crippen LogP contribution in [0.1, 0.15) is 18.4 Å². The van der Waals surface area contributed by atoms with Gasteiger partial charge < -0.3 is 11.1 Å². The molecule has 1 heterocycles. The smallest absolute Gasteiger partial charge is 0.243 e. The Labute approximate surface area is 142 Å². The first-order valence-electron chi connectivity index (χ1n) is 7.60. The number of sulfonamides is 1. The summed E-state index contributed by atoms with van der Waals surface area (Å²) in [7, 11) is -3.64. The summed E-state index contributed by atoms with van der Waals surface area (Å²) in [4.78, 5) is 12.2. The number of rotatable bonds is 5. The van der Waals surface area contributed by atoms with Crippen molar-refractivity contribution < 1.29 is 13.2 Å². The number of piperidine rings is 1. The summed E-state index contributed by atoms with van der Waals surface area (Å²) in [6, 6.07) is 4.70. The Bertz CT molecular complexity index is 679. The first kappa shape index (κ1) is 18.2. The molecule has 0 radical (unpaired) electrons. The van der Waals surface area contributed by atoms with Crippen molar-refractivity contribution in [3.05, 3.63) is 28.8 Å². The van der Waals surface area contributed by atoms with E-state index in [2.05, 4.69) is 5.32 Å². The molecular formula is C15H22ClN3O3S. The van der Waals surface area contributed by atoms with Gasteiger partial charge in [-0.3, -0.25) is 4.79 Å². The van der Waals surface area contributed by atoms with E-state index in [0.29, 0.717) is 37.5 Å². The Morgan fingerprint density at radius 3 is 2.87 bits per heavy atom. The van der Waals surface area contributed by atoms with Crippen LogP contribution in [0.2, 0.25) is 5.02 Å². The Balaban J connectivity index is 2.16. The van der Waals surface area contributed by atoms with E-state index in [-0.39, 0.29) is 23.3 Å². The van der Waals surface area contributed by atoms with Gasteiger partial charge in [0.15, 0.2) is 0 Å². The third-order valence-corrected chi connectivity index (χ3v) is 6.25. The van der Waals surface area contributed by atoms with E-state index in [0.717, 1.165) is 5.56 Å². The molecule has 0 aromatic heterocycles. The number of benzene rings is 1. The average molecular weight is 360 g/mol. The highest BCUT2D eigenvalue weighted by Crippen LogP contribution is 2.26. The van der Waals surface area contributed by atoms with E-state index < -0.39 is 10.0 Å². The maximum absolute atomic E-state index is 12.7. The Morgan fingerprint density at radius 1 is 1.48 bits per heavy atom. The van der Waals surface area contributed by atoms with Gasteiger partial charge in [-0.05, 0) is 37.5 Å². The molecular weight excluding hydrogens is 338 g/mol. The van der Waals surface area contributed by atoms with Gasteiger partial charge in [-0.25, -0.2) is 8.42 Å². The van der Waals surface area contributed by atoms with Crippen LogP contribution in [0, 0.1) is 12.8 Å². The molecule has 3 N–H and O–H groups in total. The molecule has 1 unspecified atom stereocenters. The van der Waals surface area contributed by atoms with Crippen molar-refractivity contribution in [1.29, 1.82) is 0 Å². The SMILES string of the molecule is Cc1ccc(S(=O)(=O)N2CCCC(C(=O)NCCN)C2)cc1Cl. The summed E-state index contributed by atoms with van der Waals surface area (Å²) in [6.07, 6.45) is 1.33. The fourth-order valence-corrected chi connectivity index (χ4v) is 4.39. The molecule has 0 spiro atoms. The van der Waals surface area contributed by atoms with E-state index in [1.165, 1.54) is 10.4 Å². The third-order valence-electron chi connectivity index (χ3n) is 3.98. The quantitative estimate of drug-likeness (QED) is 0.824. The lowest BCUT2D eigenvalue weighted by Crippen LogP contribution is -2.46. The van der Waals surface area contributed by atoms with Crippen molar-refractivity contribution in [3.63, 3.8) is 0 Å². The van der Waals surface area contributed by atoms with Gasteiger partial charge in [0.1, 0.15) is 0 Å². The lowest BCUT2D eigenvalue weighted by atomic mass is 9.99. The van der Waals surface area contributed by atoms with Crippen molar-refractivity contribution in [1.82, 2.24) is 9.62 Å². The van der Waals surface area contributed by atoms with Crippen LogP contribution in [0.3, 0.4) is 0 Å². The zero-order valence-corrected chi connectivity index (χ0v) is 14.7. The molecule has 1 atom stereocenters. The molecule has 1 aliphatic rings. The van der Waals surface area contributed by atoms with Crippen LogP contribution in [0.15, 0.2) is 23.1 Å². The molecule has 23 heavy (non-hydrogen) atoms. The molecule has 1 amide bonds. The minimum Gasteiger partial charge on any atom is -0.355 e. The molecule has 1 saturated heterocycles. The largest absolute Gasteiger partial charge is 0.355 e. The molecule has 6 nitrogen and oxygen atoms in total. The van der Waals surface area contributed by atoms with Crippen molar-refractivity contribution in [2.24, 2.45) is 11.7 Å². The number of hydrogen-bond acceptors (Lipinski definition) is 4. The topological polar surface area (TPSA) is 92.5 Å². The second kappa shape index (κ2) is 7.61. The maximum Gasteiger partial charge on any atom is 0.243 e. The second-order valence-electron chi connectivity index (χ2n) is 5.69. The van der Waals surface area contributed by atoms with Crippen LogP contribution in [-0.2, 0) is 14.8 Å². The van der Waals surface area contributed by atoms with Gasteiger partial charge in [0.25, 0.3) is 0 Å². The summed E-state index contributed by atoms with van der Waals surface area (Å²) < 4.78 is 26.9. The van der Waals surface area contributed by atoms with E-state index >= 15 is 0 Å². The molecule has 0 saturated carbocycles. The standard InChI is InChI=1S/C15H22ClN3O3S/c1-11-4-5-13(9-14(11)16)23(21,22)19-8-2-3-12(10-19)15(20)18-7-6-17/h4-5,9,12H,2-3,6-8,10,17H2,1H3,(H,18,20). The number of carbonyl (C=O) groups is 1. The summed E-state index contributed by atoms with van der Waals surface area (Å²) in [5, 5.41) is 3.14. The first-order chi connectivity index (χ1) is 10.9. The summed E-state index contributed by atoms with van der Waals surface area (Å²) in [5.74, 6) is -0.483. The van der Waals surface area contributed by atoms with Crippen LogP contribution in [0.5, 0.6) is 0 Å². The molecule has 1 aliphatic heterocycles. The van der Waals surface area contributed by atoms with Crippen molar-refractivity contribution in [2.45, 2.75) is 24.7 Å². The fourth-order valence-electron chi connectivity index (χ4n) is 2.60. The van der Waals surface area contributed by atoms with Crippen LogP contribution in [-0.4, -0.2) is 44.8 Å². The number of hydrogen-bond donors (Lipinski definition) is 2. The fraction of sp³-hybridized carbons (Fsp3) is 0.533. The van der Waals surface area contributed by atoms with Crippen LogP contribution < -0.4 is 11.1 Å². The predicted octanol–water partition coefficient (Wildman–Crippen LogP) is 1.12. The van der Waals surface area contributed by atoms with Crippen molar-refractivity contribution >= 4 is 27.5 Å². The number of nitrogens with two attached hydrogens (primary N) is 1. The third kappa shape index (κ3) is 4.23. The molecule has 1 aromatic carbocycles. The van der Waals surface area contributed by atoms with Gasteiger partial charge in [-0.1, -0.05) is 17.7 Å². The molecule has 8 heteroatoms. The van der Waals surface area contributed by atoms with Gasteiger partial charge in [0, 0.05) is 31.2 Å². The predicted molar refractivity (Wildman–Crippen MR) is 89.7 cm³/mol. The highest BCUT2D eigenvalue weighted by molar-refractivity contribution is 7.89. The van der Waals surface area contributed by atoms with Crippen molar-refractivity contribution in [3.8, 4) is 0 Å². The summed E-state index contributed by atoms with van der Waals surface area (Å²) in [6.45, 7) is 3.17. The molecule has 2 rings (SSSR count). The normalized spacial score (nSPS) is 19.5. The monoisotopic (exact) mass is 359 g/mol. The molecule has 1 fully saturated rings. The highest BCUT2D eigenvalue weighted by atomic mass is 35.5. The zero-order valence-electron chi connectivity index (χ0n) is 13.1. The van der Waals surface area contributed by atoms with E-state index in [1.807, 2.05) is 6.92 Å². The first-order valence-corrected chi connectivity index (χ1v) is 9.42. The van der Waals surface area contributed by atoms with Crippen molar-refractivity contribution in [2.75, 3.05) is 26.2 Å². The molecule has 1 aromatic rings. The number of nitrogens with zero attached hydrogens (tertiary/aromatic N) is 1. The number of amides is 1. The second-order valence-corrected chi connectivity index (χ2v) is 8.04. The molecule has 0 aliphatic carbocycles. The lowest BCUT2D eigenvalue weighted by molar-refractivity contribution is -0.126. The minimum atomic E-state index is -3.64. The van der Waals surface area contributed by atoms with Gasteiger partial charge in [0.05, 0.1) is 10.8 Å². The molecule has 128 valence electrons. The Kier molecular flexibility index (Phi) is 6.02. The van der Waals surface area contributed by atoms with E-state index in [1.54, 1.807) is 12.1 Å². The molecule has 0 bridgehead atoms. The number of halogens is 1. The van der Waals surface area contributed by atoms with Gasteiger partial charge in [0.2, 0.25) is 15.9 Å². The Hall–Kier alpha value is -1.15. The van der Waals surface area contributed by atoms with E-state index in [4.69, 9.17) is 17.3 Å². The number of aryl methyl sites for hydroxylation is 1. The summed E-state index contributed by atoms with van der Waals surface area (Å²) >= 11 is 6.04.